The van der Waals surface area contributed by atoms with Gasteiger partial charge in [0.2, 0.25) is 0 Å². The van der Waals surface area contributed by atoms with Crippen molar-refractivity contribution in [3.05, 3.63) is 77.5 Å². The fraction of sp³-hybridized carbons (Fsp3) is 0.240. The molecule has 34 heavy (non-hydrogen) atoms. The van der Waals surface area contributed by atoms with Crippen LogP contribution in [-0.2, 0) is 6.61 Å². The Morgan fingerprint density at radius 1 is 1.09 bits per heavy atom. The Balaban J connectivity index is 0.00000162. The third-order valence-electron chi connectivity index (χ3n) is 5.92. The summed E-state index contributed by atoms with van der Waals surface area (Å²) < 4.78 is 5.87. The maximum absolute atomic E-state index is 12.1. The molecule has 0 saturated carbocycles. The largest absolute Gasteiger partial charge is 1.00 e. The minimum Gasteiger partial charge on any atom is -1.00 e. The van der Waals surface area contributed by atoms with Crippen molar-refractivity contribution in [1.29, 1.82) is 0 Å². The highest BCUT2D eigenvalue weighted by Gasteiger charge is 2.18. The van der Waals surface area contributed by atoms with Crippen LogP contribution in [0, 0.1) is 0 Å². The van der Waals surface area contributed by atoms with E-state index >= 15 is 0 Å². The molecular formula is C25H27Cl2N5O2. The maximum Gasteiger partial charge on any atom is 1.00 e. The Hall–Kier alpha value is -3.13. The number of nitrogens with zero attached hydrogens (tertiary/aromatic N) is 2. The molecule has 0 bridgehead atoms. The summed E-state index contributed by atoms with van der Waals surface area (Å²) in [6, 6.07) is 17.3. The van der Waals surface area contributed by atoms with E-state index in [0.29, 0.717) is 29.7 Å². The molecule has 1 amide bonds. The highest BCUT2D eigenvalue weighted by molar-refractivity contribution is 5.97. The number of aromatic amines is 1. The zero-order chi connectivity index (χ0) is 21.9. The van der Waals surface area contributed by atoms with Crippen LogP contribution >= 0.6 is 0 Å². The van der Waals surface area contributed by atoms with E-state index in [1.165, 1.54) is 5.56 Å². The molecule has 178 valence electrons. The highest BCUT2D eigenvalue weighted by atomic mass is 35.5. The molecule has 0 unspecified atom stereocenters. The van der Waals surface area contributed by atoms with Crippen LogP contribution in [0.5, 0.6) is 5.75 Å². The van der Waals surface area contributed by atoms with Gasteiger partial charge in [-0.1, -0.05) is 30.3 Å². The Morgan fingerprint density at radius 2 is 1.85 bits per heavy atom. The van der Waals surface area contributed by atoms with Crippen molar-refractivity contribution in [1.82, 2.24) is 20.3 Å². The zero-order valence-electron chi connectivity index (χ0n) is 20.4. The van der Waals surface area contributed by atoms with Crippen LogP contribution in [0.2, 0.25) is 0 Å². The first kappa shape index (κ1) is 25.5. The van der Waals surface area contributed by atoms with E-state index < -0.39 is 5.91 Å². The van der Waals surface area contributed by atoms with Crippen LogP contribution in [0.1, 0.15) is 43.1 Å². The van der Waals surface area contributed by atoms with E-state index in [1.54, 1.807) is 12.1 Å². The number of amides is 1. The first-order chi connectivity index (χ1) is 15.7. The molecule has 1 aliphatic heterocycles. The van der Waals surface area contributed by atoms with Crippen molar-refractivity contribution in [3.8, 4) is 17.1 Å². The van der Waals surface area contributed by atoms with Crippen molar-refractivity contribution in [2.24, 2.45) is 5.73 Å². The maximum atomic E-state index is 12.1. The SMILES string of the molecule is NC(=O)c1cc(-c2nc3cc(C4CCNCC4)cnc3[nH]2)ccc1OCc1ccccc1.[Cl-].[Cl-].[H+].[H+]. The van der Waals surface area contributed by atoms with Crippen LogP contribution < -0.4 is 40.6 Å². The fourth-order valence-electron chi connectivity index (χ4n) is 4.16. The molecule has 0 aliphatic carbocycles. The van der Waals surface area contributed by atoms with E-state index in [4.69, 9.17) is 15.5 Å². The number of hydrogen-bond donors (Lipinski definition) is 3. The van der Waals surface area contributed by atoms with Gasteiger partial charge in [0, 0.05) is 11.8 Å². The Kier molecular flexibility index (Phi) is 8.50. The molecule has 4 N–H and O–H groups in total. The number of aromatic nitrogens is 3. The molecule has 7 nitrogen and oxygen atoms in total. The van der Waals surface area contributed by atoms with E-state index in [-0.39, 0.29) is 27.7 Å². The number of ether oxygens (including phenoxy) is 1. The van der Waals surface area contributed by atoms with Gasteiger partial charge in [-0.2, -0.15) is 0 Å². The summed E-state index contributed by atoms with van der Waals surface area (Å²) in [5.41, 5.74) is 10.5. The second-order valence-corrected chi connectivity index (χ2v) is 8.10. The lowest BCUT2D eigenvalue weighted by molar-refractivity contribution is -0.00100. The van der Waals surface area contributed by atoms with Gasteiger partial charge in [-0.25, -0.2) is 9.97 Å². The Labute approximate surface area is 213 Å². The van der Waals surface area contributed by atoms with Gasteiger partial charge in [0.1, 0.15) is 23.7 Å². The topological polar surface area (TPSA) is 106 Å². The monoisotopic (exact) mass is 499 g/mol. The molecule has 0 atom stereocenters. The first-order valence-corrected chi connectivity index (χ1v) is 10.8. The van der Waals surface area contributed by atoms with E-state index in [1.807, 2.05) is 42.6 Å². The number of piperidine rings is 1. The van der Waals surface area contributed by atoms with Gasteiger partial charge in [-0.15, -0.1) is 0 Å². The minimum absolute atomic E-state index is 0. The number of carbonyl (C=O) groups excluding carboxylic acids is 1. The van der Waals surface area contributed by atoms with Gasteiger partial charge in [-0.05, 0) is 67.2 Å². The number of imidazole rings is 1. The summed E-state index contributed by atoms with van der Waals surface area (Å²) >= 11 is 0. The predicted octanol–water partition coefficient (Wildman–Crippen LogP) is -2.00. The van der Waals surface area contributed by atoms with Crippen molar-refractivity contribution >= 4 is 17.1 Å². The average Bonchev–Trinajstić information content (AvgIpc) is 3.27. The summed E-state index contributed by atoms with van der Waals surface area (Å²) in [4.78, 5) is 24.7. The first-order valence-electron chi connectivity index (χ1n) is 10.8. The van der Waals surface area contributed by atoms with E-state index in [0.717, 1.165) is 48.2 Å². The molecule has 4 aromatic rings. The van der Waals surface area contributed by atoms with E-state index in [9.17, 15) is 4.79 Å². The van der Waals surface area contributed by atoms with E-state index in [2.05, 4.69) is 21.4 Å². The van der Waals surface area contributed by atoms with Crippen molar-refractivity contribution in [2.75, 3.05) is 13.1 Å². The number of nitrogens with one attached hydrogen (secondary N) is 2. The lowest BCUT2D eigenvalue weighted by Crippen LogP contribution is -3.00. The molecule has 2 aromatic carbocycles. The van der Waals surface area contributed by atoms with Crippen LogP contribution in [0.15, 0.2) is 60.8 Å². The van der Waals surface area contributed by atoms with Gasteiger partial charge in [-0.3, -0.25) is 4.79 Å². The summed E-state index contributed by atoms with van der Waals surface area (Å²) in [5, 5.41) is 3.39. The van der Waals surface area contributed by atoms with Crippen LogP contribution in [0.25, 0.3) is 22.6 Å². The fourth-order valence-corrected chi connectivity index (χ4v) is 4.16. The molecule has 1 fully saturated rings. The molecule has 1 aliphatic rings. The predicted molar refractivity (Wildman–Crippen MR) is 126 cm³/mol. The third-order valence-corrected chi connectivity index (χ3v) is 5.92. The number of halogens is 2. The number of hydrogen-bond acceptors (Lipinski definition) is 5. The molecule has 5 rings (SSSR count). The number of benzene rings is 2. The summed E-state index contributed by atoms with van der Waals surface area (Å²) in [7, 11) is 0. The lowest BCUT2D eigenvalue weighted by Gasteiger charge is -2.22. The van der Waals surface area contributed by atoms with Gasteiger partial charge >= 0.3 is 2.85 Å². The number of carbonyl (C=O) groups is 1. The highest BCUT2D eigenvalue weighted by Crippen LogP contribution is 2.29. The standard InChI is InChI=1S/C25H25N5O2.2ClH/c26-23(31)20-12-18(6-7-22(20)32-15-16-4-2-1-3-5-16)24-29-21-13-19(14-28-25(21)30-24)17-8-10-27-11-9-17;;/h1-7,12-14,17,27H,8-11,15H2,(H2,26,31)(H,28,29,30);2*1H. The van der Waals surface area contributed by atoms with Crippen LogP contribution in [0.3, 0.4) is 0 Å². The summed E-state index contributed by atoms with van der Waals surface area (Å²) in [6.07, 6.45) is 4.16. The van der Waals surface area contributed by atoms with Crippen molar-refractivity contribution < 1.29 is 37.2 Å². The van der Waals surface area contributed by atoms with Crippen LogP contribution in [-0.4, -0.2) is 33.9 Å². The molecule has 9 heteroatoms. The second-order valence-electron chi connectivity index (χ2n) is 8.10. The molecule has 2 aromatic heterocycles. The number of rotatable bonds is 6. The average molecular weight is 500 g/mol. The molecule has 1 saturated heterocycles. The summed E-state index contributed by atoms with van der Waals surface area (Å²) in [5.74, 6) is 1.06. The third kappa shape index (κ3) is 5.50. The van der Waals surface area contributed by atoms with Crippen molar-refractivity contribution in [3.63, 3.8) is 0 Å². The molecular weight excluding hydrogens is 473 g/mol. The van der Waals surface area contributed by atoms with Crippen LogP contribution in [0.4, 0.5) is 0 Å². The lowest BCUT2D eigenvalue weighted by atomic mass is 9.91. The van der Waals surface area contributed by atoms with Gasteiger partial charge < -0.3 is 45.6 Å². The number of fused-ring (bicyclic) bond motifs is 1. The second kappa shape index (κ2) is 11.3. The normalized spacial score (nSPS) is 13.6. The number of nitrogens with two attached hydrogens (primary N) is 1. The number of primary amides is 1. The zero-order valence-corrected chi connectivity index (χ0v) is 19.9. The number of pyridine rings is 1. The minimum atomic E-state index is -0.544. The number of H-pyrrole nitrogens is 1. The molecule has 3 heterocycles. The van der Waals surface area contributed by atoms with Gasteiger partial charge in [0.15, 0.2) is 5.65 Å². The Morgan fingerprint density at radius 3 is 2.59 bits per heavy atom. The Bertz CT molecular complexity index is 1270. The summed E-state index contributed by atoms with van der Waals surface area (Å²) in [6.45, 7) is 2.42. The van der Waals surface area contributed by atoms with Crippen molar-refractivity contribution in [2.45, 2.75) is 25.4 Å². The molecule has 0 radical (unpaired) electrons. The van der Waals surface area contributed by atoms with Gasteiger partial charge in [0.25, 0.3) is 5.91 Å². The van der Waals surface area contributed by atoms with Gasteiger partial charge in [0.05, 0.1) is 5.56 Å². The quantitative estimate of drug-likeness (QED) is 0.284. The smallest absolute Gasteiger partial charge is 1.00 e. The molecule has 0 spiro atoms.